The molecule has 2 atom stereocenters. The van der Waals surface area contributed by atoms with Crippen LogP contribution in [0.2, 0.25) is 0 Å². The molecule has 0 radical (unpaired) electrons. The molecule has 0 aromatic carbocycles. The number of phosphoric ester groups is 1. The zero-order valence-corrected chi connectivity index (χ0v) is 42.6. The molecule has 0 amide bonds. The molecule has 0 spiro atoms. The van der Waals surface area contributed by atoms with Gasteiger partial charge in [-0.1, -0.05) is 202 Å². The molecule has 0 saturated heterocycles. The highest BCUT2D eigenvalue weighted by atomic mass is 31.2. The van der Waals surface area contributed by atoms with E-state index in [1.165, 1.54) is 96.3 Å². The molecular weight excluding hydrogens is 822 g/mol. The summed E-state index contributed by atoms with van der Waals surface area (Å²) in [6.07, 6.45) is 58.3. The smallest absolute Gasteiger partial charge is 0.462 e. The number of phosphoric acid groups is 1. The first-order valence-electron chi connectivity index (χ1n) is 25.7. The maximum absolute atomic E-state index is 12.7. The maximum atomic E-state index is 12.7. The Bertz CT molecular complexity index is 1310. The first kappa shape index (κ1) is 61.5. The molecule has 10 heteroatoms. The van der Waals surface area contributed by atoms with Crippen molar-refractivity contribution in [2.45, 2.75) is 213 Å². The Morgan fingerprint density at radius 2 is 0.891 bits per heavy atom. The third-order valence-corrected chi connectivity index (χ3v) is 11.7. The molecule has 0 aliphatic carbocycles. The molecule has 370 valence electrons. The number of likely N-dealkylation sites (N-methyl/N-ethyl adjacent to an activating group) is 1. The summed E-state index contributed by atoms with van der Waals surface area (Å²) in [6, 6.07) is 0. The van der Waals surface area contributed by atoms with Crippen LogP contribution in [-0.4, -0.2) is 74.9 Å². The monoisotopic (exact) mass is 919 g/mol. The van der Waals surface area contributed by atoms with Gasteiger partial charge in [-0.3, -0.25) is 18.6 Å². The van der Waals surface area contributed by atoms with Crippen molar-refractivity contribution in [1.82, 2.24) is 0 Å². The van der Waals surface area contributed by atoms with Gasteiger partial charge < -0.3 is 18.9 Å². The second-order valence-corrected chi connectivity index (χ2v) is 19.6. The van der Waals surface area contributed by atoms with Crippen molar-refractivity contribution in [3.8, 4) is 0 Å². The van der Waals surface area contributed by atoms with Crippen LogP contribution in [0.4, 0.5) is 0 Å². The number of carbonyl (C=O) groups is 2. The zero-order chi connectivity index (χ0) is 47.1. The van der Waals surface area contributed by atoms with Gasteiger partial charge in [0, 0.05) is 12.8 Å². The minimum Gasteiger partial charge on any atom is -0.462 e. The van der Waals surface area contributed by atoms with E-state index in [0.717, 1.165) is 77.0 Å². The van der Waals surface area contributed by atoms with Gasteiger partial charge in [0.2, 0.25) is 0 Å². The molecule has 2 unspecified atom stereocenters. The fraction of sp³-hybridized carbons (Fsp3) is 0.741. The summed E-state index contributed by atoms with van der Waals surface area (Å²) in [4.78, 5) is 35.4. The van der Waals surface area contributed by atoms with Gasteiger partial charge in [-0.05, 0) is 64.2 Å². The quantitative estimate of drug-likeness (QED) is 0.0211. The van der Waals surface area contributed by atoms with Crippen molar-refractivity contribution in [1.29, 1.82) is 0 Å². The second kappa shape index (κ2) is 45.6. The second-order valence-electron chi connectivity index (χ2n) is 18.2. The first-order valence-corrected chi connectivity index (χ1v) is 27.2. The van der Waals surface area contributed by atoms with E-state index in [0.29, 0.717) is 17.4 Å². The zero-order valence-electron chi connectivity index (χ0n) is 41.7. The van der Waals surface area contributed by atoms with E-state index in [9.17, 15) is 19.0 Å². The van der Waals surface area contributed by atoms with Crippen LogP contribution < -0.4 is 0 Å². The predicted molar refractivity (Wildman–Crippen MR) is 270 cm³/mol. The van der Waals surface area contributed by atoms with Crippen LogP contribution in [0.5, 0.6) is 0 Å². The third-order valence-electron chi connectivity index (χ3n) is 10.8. The highest BCUT2D eigenvalue weighted by Crippen LogP contribution is 2.43. The van der Waals surface area contributed by atoms with E-state index >= 15 is 0 Å². The molecule has 0 aromatic rings. The molecular formula is C54H97NO8P+. The van der Waals surface area contributed by atoms with Crippen LogP contribution in [0.1, 0.15) is 206 Å². The Kier molecular flexibility index (Phi) is 43.8. The molecule has 0 saturated carbocycles. The van der Waals surface area contributed by atoms with Gasteiger partial charge in [0.05, 0.1) is 27.7 Å². The minimum atomic E-state index is -4.38. The normalized spacial score (nSPS) is 14.0. The molecule has 0 heterocycles. The average molecular weight is 919 g/mol. The largest absolute Gasteiger partial charge is 0.472 e. The van der Waals surface area contributed by atoms with Crippen LogP contribution in [0, 0.1) is 0 Å². The molecule has 64 heavy (non-hydrogen) atoms. The van der Waals surface area contributed by atoms with Crippen LogP contribution in [0.3, 0.4) is 0 Å². The van der Waals surface area contributed by atoms with Crippen LogP contribution in [0.25, 0.3) is 0 Å². The van der Waals surface area contributed by atoms with Gasteiger partial charge >= 0.3 is 19.8 Å². The van der Waals surface area contributed by atoms with Gasteiger partial charge in [0.25, 0.3) is 0 Å². The lowest BCUT2D eigenvalue weighted by molar-refractivity contribution is -0.870. The van der Waals surface area contributed by atoms with Crippen molar-refractivity contribution < 1.29 is 42.1 Å². The number of esters is 2. The number of quaternary nitrogens is 1. The lowest BCUT2D eigenvalue weighted by Crippen LogP contribution is -2.37. The fourth-order valence-electron chi connectivity index (χ4n) is 6.78. The Hall–Kier alpha value is -2.55. The Morgan fingerprint density at radius 3 is 1.33 bits per heavy atom. The maximum Gasteiger partial charge on any atom is 0.472 e. The molecule has 0 rings (SSSR count). The van der Waals surface area contributed by atoms with E-state index in [1.807, 2.05) is 21.1 Å². The summed E-state index contributed by atoms with van der Waals surface area (Å²) >= 11 is 0. The summed E-state index contributed by atoms with van der Waals surface area (Å²) in [5.74, 6) is -0.803. The number of ether oxygens (including phenoxy) is 2. The Labute approximate surface area is 393 Å². The molecule has 1 N–H and O–H groups in total. The first-order chi connectivity index (χ1) is 31.0. The average Bonchev–Trinajstić information content (AvgIpc) is 3.25. The summed E-state index contributed by atoms with van der Waals surface area (Å²) < 4.78 is 34.3. The molecule has 9 nitrogen and oxygen atoms in total. The summed E-state index contributed by atoms with van der Waals surface area (Å²) in [5, 5.41) is 0. The van der Waals surface area contributed by atoms with Crippen LogP contribution in [0.15, 0.2) is 72.9 Å². The number of allylic oxidation sites excluding steroid dienone is 12. The van der Waals surface area contributed by atoms with E-state index in [4.69, 9.17) is 18.5 Å². The van der Waals surface area contributed by atoms with E-state index in [-0.39, 0.29) is 32.0 Å². The third kappa shape index (κ3) is 48.9. The standard InChI is InChI=1S/C54H96NO8P/c1-6-8-10-12-14-16-17-18-19-20-21-22-23-24-25-26-27-28-29-30-31-32-33-34-35-36-37-39-41-43-45-47-54(57)63-52(51-62-64(58,59)61-49-48-55(3,4)5)50-60-53(56)46-44-42-40-38-15-13-11-9-7-2/h8,10,14,16,18-19,21-22,24-25,27-28,52H,6-7,9,11-13,15,17,20,23,26,29-51H2,1-5H3/p+1/b10-8-,16-14-,19-18-,22-21-,25-24-,28-27-. The van der Waals surface area contributed by atoms with Crippen LogP contribution >= 0.6 is 7.82 Å². The van der Waals surface area contributed by atoms with Crippen molar-refractivity contribution in [2.75, 3.05) is 47.5 Å². The lowest BCUT2D eigenvalue weighted by Gasteiger charge is -2.24. The predicted octanol–water partition coefficient (Wildman–Crippen LogP) is 15.4. The number of hydrogen-bond donors (Lipinski definition) is 1. The van der Waals surface area contributed by atoms with Crippen molar-refractivity contribution in [3.05, 3.63) is 72.9 Å². The van der Waals surface area contributed by atoms with Crippen molar-refractivity contribution >= 4 is 19.8 Å². The number of hydrogen-bond acceptors (Lipinski definition) is 7. The molecule has 0 aromatic heterocycles. The van der Waals surface area contributed by atoms with Gasteiger partial charge in [0.1, 0.15) is 19.8 Å². The Balaban J connectivity index is 4.08. The minimum absolute atomic E-state index is 0.0301. The van der Waals surface area contributed by atoms with Crippen LogP contribution in [-0.2, 0) is 32.7 Å². The van der Waals surface area contributed by atoms with Gasteiger partial charge in [-0.2, -0.15) is 0 Å². The Morgan fingerprint density at radius 1 is 0.500 bits per heavy atom. The fourth-order valence-corrected chi connectivity index (χ4v) is 7.52. The highest BCUT2D eigenvalue weighted by Gasteiger charge is 2.27. The number of unbranched alkanes of at least 4 members (excludes halogenated alkanes) is 20. The van der Waals surface area contributed by atoms with Crippen molar-refractivity contribution in [3.63, 3.8) is 0 Å². The number of carbonyl (C=O) groups excluding carboxylic acids is 2. The summed E-state index contributed by atoms with van der Waals surface area (Å²) in [5.41, 5.74) is 0. The van der Waals surface area contributed by atoms with Gasteiger partial charge in [-0.15, -0.1) is 0 Å². The molecule has 0 aliphatic rings. The van der Waals surface area contributed by atoms with Gasteiger partial charge in [-0.25, -0.2) is 4.57 Å². The molecule has 0 aliphatic heterocycles. The summed E-state index contributed by atoms with van der Waals surface area (Å²) in [6.45, 7) is 4.28. The van der Waals surface area contributed by atoms with E-state index < -0.39 is 26.5 Å². The number of nitrogens with zero attached hydrogens (tertiary/aromatic N) is 1. The topological polar surface area (TPSA) is 108 Å². The lowest BCUT2D eigenvalue weighted by atomic mass is 10.0. The number of rotatable bonds is 46. The van der Waals surface area contributed by atoms with Gasteiger partial charge in [0.15, 0.2) is 6.10 Å². The van der Waals surface area contributed by atoms with E-state index in [2.05, 4.69) is 86.8 Å². The SMILES string of the molecule is CC/C=C\C/C=C\C/C=C\C/C=C\C/C=C\C/C=C\CCCCCCCCCCCCCCC(=O)OC(COC(=O)CCCCCCCCCCC)COP(=O)(O)OCC[N+](C)(C)C. The molecule has 0 fully saturated rings. The highest BCUT2D eigenvalue weighted by molar-refractivity contribution is 7.47. The molecule has 0 bridgehead atoms. The summed E-state index contributed by atoms with van der Waals surface area (Å²) in [7, 11) is 1.47. The van der Waals surface area contributed by atoms with Crippen molar-refractivity contribution in [2.24, 2.45) is 0 Å². The van der Waals surface area contributed by atoms with E-state index in [1.54, 1.807) is 0 Å².